The van der Waals surface area contributed by atoms with Crippen LogP contribution in [0.5, 0.6) is 5.75 Å². The Balaban J connectivity index is 1.94. The third-order valence-corrected chi connectivity index (χ3v) is 5.48. The number of methoxy groups -OCH3 is 1. The van der Waals surface area contributed by atoms with Gasteiger partial charge in [-0.15, -0.1) is 0 Å². The van der Waals surface area contributed by atoms with Crippen molar-refractivity contribution in [1.29, 1.82) is 0 Å². The van der Waals surface area contributed by atoms with Gasteiger partial charge in [0.15, 0.2) is 0 Å². The highest BCUT2D eigenvalue weighted by atomic mass is 79.9. The van der Waals surface area contributed by atoms with Crippen molar-refractivity contribution in [2.75, 3.05) is 46.4 Å². The number of piperazine rings is 1. The van der Waals surface area contributed by atoms with Crippen LogP contribution in [-0.4, -0.2) is 59.7 Å². The van der Waals surface area contributed by atoms with Crippen molar-refractivity contribution in [3.8, 4) is 5.75 Å². The van der Waals surface area contributed by atoms with E-state index in [-0.39, 0.29) is 4.90 Å². The lowest BCUT2D eigenvalue weighted by molar-refractivity contribution is 0.245. The fourth-order valence-corrected chi connectivity index (χ4v) is 3.61. The van der Waals surface area contributed by atoms with Crippen molar-refractivity contribution in [2.45, 2.75) is 4.90 Å². The Morgan fingerprint density at radius 1 is 1.38 bits per heavy atom. The molecule has 0 saturated carbocycles. The lowest BCUT2D eigenvalue weighted by Gasteiger charge is -2.27. The summed E-state index contributed by atoms with van der Waals surface area (Å²) in [6.45, 7) is 4.93. The minimum atomic E-state index is -3.50. The van der Waals surface area contributed by atoms with Gasteiger partial charge in [0, 0.05) is 45.3 Å². The molecule has 1 fully saturated rings. The third kappa shape index (κ3) is 4.65. The van der Waals surface area contributed by atoms with Crippen LogP contribution < -0.4 is 14.8 Å². The molecule has 0 bridgehead atoms. The van der Waals surface area contributed by atoms with Gasteiger partial charge >= 0.3 is 0 Å². The number of nitrogens with one attached hydrogen (secondary N) is 2. The number of rotatable bonds is 6. The van der Waals surface area contributed by atoms with E-state index in [0.29, 0.717) is 18.8 Å². The topological polar surface area (TPSA) is 70.7 Å². The summed E-state index contributed by atoms with van der Waals surface area (Å²) in [6, 6.07) is 4.74. The van der Waals surface area contributed by atoms with Gasteiger partial charge in [0.2, 0.25) is 10.0 Å². The van der Waals surface area contributed by atoms with Crippen molar-refractivity contribution >= 4 is 26.0 Å². The fraction of sp³-hybridized carbons (Fsp3) is 0.538. The number of benzene rings is 1. The minimum absolute atomic E-state index is 0.211. The predicted octanol–water partition coefficient (Wildman–Crippen LogP) is 0.641. The van der Waals surface area contributed by atoms with Gasteiger partial charge in [-0.3, -0.25) is 4.90 Å². The Hall–Kier alpha value is -0.670. The molecule has 0 unspecified atom stereocenters. The molecule has 1 aromatic rings. The summed E-state index contributed by atoms with van der Waals surface area (Å²) in [5, 5.41) is 3.27. The average molecular weight is 378 g/mol. The Morgan fingerprint density at radius 2 is 2.10 bits per heavy atom. The van der Waals surface area contributed by atoms with Crippen molar-refractivity contribution in [2.24, 2.45) is 0 Å². The molecule has 0 spiro atoms. The van der Waals surface area contributed by atoms with Crippen LogP contribution in [0.4, 0.5) is 0 Å². The Kier molecular flexibility index (Phi) is 6.00. The molecule has 0 radical (unpaired) electrons. The standard InChI is InChI=1S/C13H20BrN3O3S/c1-20-13-10-11(2-3-12(13)14)21(18,19)16-6-9-17-7-4-15-5-8-17/h2-3,10,15-16H,4-9H2,1H3. The van der Waals surface area contributed by atoms with E-state index in [9.17, 15) is 8.42 Å². The van der Waals surface area contributed by atoms with Gasteiger partial charge in [-0.2, -0.15) is 0 Å². The summed E-state index contributed by atoms with van der Waals surface area (Å²) >= 11 is 3.31. The summed E-state index contributed by atoms with van der Waals surface area (Å²) in [6.07, 6.45) is 0. The SMILES string of the molecule is COc1cc(S(=O)(=O)NCCN2CCNCC2)ccc1Br. The smallest absolute Gasteiger partial charge is 0.240 e. The van der Waals surface area contributed by atoms with Crippen LogP contribution in [0.2, 0.25) is 0 Å². The van der Waals surface area contributed by atoms with Crippen LogP contribution >= 0.6 is 15.9 Å². The van der Waals surface area contributed by atoms with E-state index < -0.39 is 10.0 Å². The Morgan fingerprint density at radius 3 is 2.76 bits per heavy atom. The van der Waals surface area contributed by atoms with Crippen LogP contribution in [0.1, 0.15) is 0 Å². The first-order valence-corrected chi connectivity index (χ1v) is 9.07. The second-order valence-electron chi connectivity index (χ2n) is 4.79. The van der Waals surface area contributed by atoms with E-state index in [1.54, 1.807) is 12.1 Å². The molecule has 118 valence electrons. The van der Waals surface area contributed by atoms with Gasteiger partial charge in [0.25, 0.3) is 0 Å². The molecule has 0 atom stereocenters. The highest BCUT2D eigenvalue weighted by molar-refractivity contribution is 9.10. The minimum Gasteiger partial charge on any atom is -0.496 e. The Labute approximate surface area is 134 Å². The number of nitrogens with zero attached hydrogens (tertiary/aromatic N) is 1. The lowest BCUT2D eigenvalue weighted by atomic mass is 10.3. The molecule has 21 heavy (non-hydrogen) atoms. The molecular formula is C13H20BrN3O3S. The third-order valence-electron chi connectivity index (χ3n) is 3.36. The first-order valence-electron chi connectivity index (χ1n) is 6.79. The Bertz CT molecular complexity index is 574. The molecule has 2 N–H and O–H groups in total. The number of hydrogen-bond donors (Lipinski definition) is 2. The second kappa shape index (κ2) is 7.55. The van der Waals surface area contributed by atoms with Gasteiger partial charge in [-0.1, -0.05) is 0 Å². The van der Waals surface area contributed by atoms with E-state index >= 15 is 0 Å². The molecule has 6 nitrogen and oxygen atoms in total. The van der Waals surface area contributed by atoms with Crippen molar-refractivity contribution < 1.29 is 13.2 Å². The molecule has 1 aliphatic heterocycles. The van der Waals surface area contributed by atoms with Gasteiger partial charge in [0.05, 0.1) is 16.5 Å². The van der Waals surface area contributed by atoms with Gasteiger partial charge in [-0.05, 0) is 28.1 Å². The lowest BCUT2D eigenvalue weighted by Crippen LogP contribution is -2.46. The van der Waals surface area contributed by atoms with E-state index in [0.717, 1.165) is 30.7 Å². The highest BCUT2D eigenvalue weighted by Gasteiger charge is 2.16. The highest BCUT2D eigenvalue weighted by Crippen LogP contribution is 2.27. The molecule has 1 aliphatic rings. The zero-order chi connectivity index (χ0) is 15.3. The van der Waals surface area contributed by atoms with Gasteiger partial charge < -0.3 is 10.1 Å². The van der Waals surface area contributed by atoms with Crippen molar-refractivity contribution in [3.05, 3.63) is 22.7 Å². The van der Waals surface area contributed by atoms with Crippen LogP contribution in [-0.2, 0) is 10.0 Å². The number of ether oxygens (including phenoxy) is 1. The summed E-state index contributed by atoms with van der Waals surface area (Å²) in [5.41, 5.74) is 0. The maximum atomic E-state index is 12.2. The summed E-state index contributed by atoms with van der Waals surface area (Å²) in [5.74, 6) is 0.500. The quantitative estimate of drug-likeness (QED) is 0.761. The first kappa shape index (κ1) is 16.7. The van der Waals surface area contributed by atoms with Crippen molar-refractivity contribution in [3.63, 3.8) is 0 Å². The first-order chi connectivity index (χ1) is 10.0. The van der Waals surface area contributed by atoms with E-state index in [1.165, 1.54) is 13.2 Å². The molecular weight excluding hydrogens is 358 g/mol. The van der Waals surface area contributed by atoms with Crippen LogP contribution in [0.25, 0.3) is 0 Å². The molecule has 2 rings (SSSR count). The predicted molar refractivity (Wildman–Crippen MR) is 85.2 cm³/mol. The van der Waals surface area contributed by atoms with E-state index in [1.807, 2.05) is 0 Å². The number of sulfonamides is 1. The summed E-state index contributed by atoms with van der Waals surface area (Å²) in [7, 11) is -2.00. The van der Waals surface area contributed by atoms with Crippen LogP contribution in [0.3, 0.4) is 0 Å². The maximum absolute atomic E-state index is 12.2. The molecule has 1 aromatic carbocycles. The summed E-state index contributed by atoms with van der Waals surface area (Å²) < 4.78 is 33.0. The fourth-order valence-electron chi connectivity index (χ4n) is 2.16. The van der Waals surface area contributed by atoms with Gasteiger partial charge in [0.1, 0.15) is 5.75 Å². The molecule has 0 aromatic heterocycles. The molecule has 8 heteroatoms. The molecule has 1 saturated heterocycles. The second-order valence-corrected chi connectivity index (χ2v) is 7.41. The summed E-state index contributed by atoms with van der Waals surface area (Å²) in [4.78, 5) is 2.45. The monoisotopic (exact) mass is 377 g/mol. The van der Waals surface area contributed by atoms with E-state index in [4.69, 9.17) is 4.74 Å². The largest absolute Gasteiger partial charge is 0.496 e. The molecule has 0 amide bonds. The zero-order valence-corrected chi connectivity index (χ0v) is 14.3. The maximum Gasteiger partial charge on any atom is 0.240 e. The number of hydrogen-bond acceptors (Lipinski definition) is 5. The zero-order valence-electron chi connectivity index (χ0n) is 11.9. The molecule has 1 heterocycles. The average Bonchev–Trinajstić information content (AvgIpc) is 2.48. The van der Waals surface area contributed by atoms with Gasteiger partial charge in [-0.25, -0.2) is 13.1 Å². The van der Waals surface area contributed by atoms with Crippen LogP contribution in [0, 0.1) is 0 Å². The van der Waals surface area contributed by atoms with Crippen molar-refractivity contribution in [1.82, 2.24) is 14.9 Å². The van der Waals surface area contributed by atoms with E-state index in [2.05, 4.69) is 30.9 Å². The normalized spacial score (nSPS) is 16.9. The van der Waals surface area contributed by atoms with Crippen LogP contribution in [0.15, 0.2) is 27.6 Å². The molecule has 0 aliphatic carbocycles. The number of halogens is 1.